The van der Waals surface area contributed by atoms with Crippen LogP contribution in [0.15, 0.2) is 0 Å². The van der Waals surface area contributed by atoms with Crippen molar-refractivity contribution in [3.63, 3.8) is 0 Å². The second-order valence-corrected chi connectivity index (χ2v) is 6.82. The second-order valence-electron chi connectivity index (χ2n) is 5.17. The standard InChI is InChI=1S/C12H18ClN3S/c13-12-15-14-11(17-12)8-16-7-3-5-9-4-1-2-6-10(9)16/h9-10H,1-8H2. The van der Waals surface area contributed by atoms with E-state index in [1.165, 1.54) is 56.4 Å². The van der Waals surface area contributed by atoms with Gasteiger partial charge in [-0.15, -0.1) is 10.2 Å². The third-order valence-electron chi connectivity index (χ3n) is 4.14. The summed E-state index contributed by atoms with van der Waals surface area (Å²) in [6, 6.07) is 0.792. The Morgan fingerprint density at radius 3 is 2.82 bits per heavy atom. The van der Waals surface area contributed by atoms with Crippen LogP contribution in [0.4, 0.5) is 0 Å². The first-order chi connectivity index (χ1) is 8.33. The van der Waals surface area contributed by atoms with E-state index < -0.39 is 0 Å². The summed E-state index contributed by atoms with van der Waals surface area (Å²) in [7, 11) is 0. The maximum Gasteiger partial charge on any atom is 0.207 e. The van der Waals surface area contributed by atoms with Crippen molar-refractivity contribution in [1.82, 2.24) is 15.1 Å². The van der Waals surface area contributed by atoms with Gasteiger partial charge in [0.1, 0.15) is 5.01 Å². The topological polar surface area (TPSA) is 29.0 Å². The van der Waals surface area contributed by atoms with E-state index in [9.17, 15) is 0 Å². The number of hydrogen-bond donors (Lipinski definition) is 0. The average molecular weight is 272 g/mol. The van der Waals surface area contributed by atoms with E-state index >= 15 is 0 Å². The van der Waals surface area contributed by atoms with Gasteiger partial charge < -0.3 is 0 Å². The number of halogens is 1. The minimum Gasteiger partial charge on any atom is -0.293 e. The van der Waals surface area contributed by atoms with Crippen molar-refractivity contribution in [2.45, 2.75) is 51.1 Å². The van der Waals surface area contributed by atoms with Crippen LogP contribution in [-0.4, -0.2) is 27.7 Å². The highest BCUT2D eigenvalue weighted by Gasteiger charge is 2.33. The summed E-state index contributed by atoms with van der Waals surface area (Å²) in [6.45, 7) is 2.17. The number of aromatic nitrogens is 2. The van der Waals surface area contributed by atoms with Crippen LogP contribution in [0.2, 0.25) is 4.47 Å². The van der Waals surface area contributed by atoms with Crippen LogP contribution in [0.1, 0.15) is 43.5 Å². The lowest BCUT2D eigenvalue weighted by Crippen LogP contribution is -2.46. The van der Waals surface area contributed by atoms with E-state index in [0.717, 1.165) is 23.5 Å². The monoisotopic (exact) mass is 271 g/mol. The van der Waals surface area contributed by atoms with Gasteiger partial charge in [-0.25, -0.2) is 0 Å². The largest absolute Gasteiger partial charge is 0.293 e. The van der Waals surface area contributed by atoms with E-state index in [4.69, 9.17) is 11.6 Å². The van der Waals surface area contributed by atoms with E-state index in [-0.39, 0.29) is 0 Å². The van der Waals surface area contributed by atoms with E-state index in [0.29, 0.717) is 4.47 Å². The minimum absolute atomic E-state index is 0.567. The predicted octanol–water partition coefficient (Wildman–Crippen LogP) is 3.35. The van der Waals surface area contributed by atoms with Crippen molar-refractivity contribution in [2.75, 3.05) is 6.54 Å². The second kappa shape index (κ2) is 5.21. The molecule has 0 amide bonds. The Balaban J connectivity index is 1.68. The molecular weight excluding hydrogens is 254 g/mol. The molecule has 1 aromatic heterocycles. The molecule has 3 rings (SSSR count). The summed E-state index contributed by atoms with van der Waals surface area (Å²) in [4.78, 5) is 2.62. The summed E-state index contributed by atoms with van der Waals surface area (Å²) in [6.07, 6.45) is 8.40. The van der Waals surface area contributed by atoms with Gasteiger partial charge in [-0.05, 0) is 49.7 Å². The van der Waals surface area contributed by atoms with Gasteiger partial charge in [0.2, 0.25) is 4.47 Å². The molecule has 2 aliphatic rings. The number of piperidine rings is 1. The van der Waals surface area contributed by atoms with Crippen LogP contribution in [0.3, 0.4) is 0 Å². The van der Waals surface area contributed by atoms with Crippen LogP contribution in [0.25, 0.3) is 0 Å². The van der Waals surface area contributed by atoms with E-state index in [1.807, 2.05) is 0 Å². The quantitative estimate of drug-likeness (QED) is 0.826. The van der Waals surface area contributed by atoms with Gasteiger partial charge in [0.15, 0.2) is 0 Å². The normalized spacial score (nSPS) is 30.2. The lowest BCUT2D eigenvalue weighted by molar-refractivity contribution is 0.0545. The number of hydrogen-bond acceptors (Lipinski definition) is 4. The van der Waals surface area contributed by atoms with Crippen molar-refractivity contribution in [3.05, 3.63) is 9.47 Å². The highest BCUT2D eigenvalue weighted by Crippen LogP contribution is 2.36. The van der Waals surface area contributed by atoms with Crippen molar-refractivity contribution in [1.29, 1.82) is 0 Å². The Labute approximate surface area is 111 Å². The Morgan fingerprint density at radius 1 is 1.18 bits per heavy atom. The van der Waals surface area contributed by atoms with Crippen LogP contribution in [0.5, 0.6) is 0 Å². The van der Waals surface area contributed by atoms with Crippen molar-refractivity contribution >= 4 is 22.9 Å². The van der Waals surface area contributed by atoms with Gasteiger partial charge in [-0.1, -0.05) is 24.2 Å². The number of nitrogens with zero attached hydrogens (tertiary/aromatic N) is 3. The molecule has 94 valence electrons. The molecular formula is C12H18ClN3S. The fourth-order valence-corrected chi connectivity index (χ4v) is 4.29. The van der Waals surface area contributed by atoms with Gasteiger partial charge in [0.05, 0.1) is 6.54 Å². The van der Waals surface area contributed by atoms with E-state index in [2.05, 4.69) is 15.1 Å². The number of fused-ring (bicyclic) bond motifs is 1. The smallest absolute Gasteiger partial charge is 0.207 e. The molecule has 0 bridgehead atoms. The van der Waals surface area contributed by atoms with Gasteiger partial charge in [-0.3, -0.25) is 4.90 Å². The van der Waals surface area contributed by atoms with Crippen LogP contribution >= 0.6 is 22.9 Å². The predicted molar refractivity (Wildman–Crippen MR) is 70.3 cm³/mol. The molecule has 5 heteroatoms. The maximum atomic E-state index is 5.84. The van der Waals surface area contributed by atoms with Crippen LogP contribution in [0, 0.1) is 5.92 Å². The molecule has 0 aromatic carbocycles. The summed E-state index contributed by atoms with van der Waals surface area (Å²) >= 11 is 7.36. The molecule has 0 radical (unpaired) electrons. The summed E-state index contributed by atoms with van der Waals surface area (Å²) in [5.41, 5.74) is 0. The third-order valence-corrected chi connectivity index (χ3v) is 5.14. The molecule has 1 aliphatic carbocycles. The van der Waals surface area contributed by atoms with E-state index in [1.54, 1.807) is 0 Å². The van der Waals surface area contributed by atoms with Crippen LogP contribution < -0.4 is 0 Å². The van der Waals surface area contributed by atoms with Crippen LogP contribution in [-0.2, 0) is 6.54 Å². The molecule has 1 aromatic rings. The summed E-state index contributed by atoms with van der Waals surface area (Å²) in [5.74, 6) is 0.931. The molecule has 0 spiro atoms. The van der Waals surface area contributed by atoms with Gasteiger partial charge >= 0.3 is 0 Å². The average Bonchev–Trinajstić information content (AvgIpc) is 2.75. The fourth-order valence-electron chi connectivity index (χ4n) is 3.39. The Morgan fingerprint density at radius 2 is 2.00 bits per heavy atom. The SMILES string of the molecule is Clc1nnc(CN2CCCC3CCCCC32)s1. The molecule has 1 saturated carbocycles. The molecule has 2 heterocycles. The molecule has 3 nitrogen and oxygen atoms in total. The zero-order valence-corrected chi connectivity index (χ0v) is 11.5. The third kappa shape index (κ3) is 2.64. The number of likely N-dealkylation sites (tertiary alicyclic amines) is 1. The fraction of sp³-hybridized carbons (Fsp3) is 0.833. The molecule has 0 N–H and O–H groups in total. The summed E-state index contributed by atoms with van der Waals surface area (Å²) < 4.78 is 0.567. The van der Waals surface area contributed by atoms with Gasteiger partial charge in [0.25, 0.3) is 0 Å². The Hall–Kier alpha value is -0.190. The van der Waals surface area contributed by atoms with Gasteiger partial charge in [0, 0.05) is 6.04 Å². The van der Waals surface area contributed by atoms with Gasteiger partial charge in [-0.2, -0.15) is 0 Å². The first-order valence-electron chi connectivity index (χ1n) is 6.55. The summed E-state index contributed by atoms with van der Waals surface area (Å²) in [5, 5.41) is 9.11. The van der Waals surface area contributed by atoms with Crippen molar-refractivity contribution in [3.8, 4) is 0 Å². The highest BCUT2D eigenvalue weighted by molar-refractivity contribution is 7.15. The zero-order chi connectivity index (χ0) is 11.7. The highest BCUT2D eigenvalue weighted by atomic mass is 35.5. The molecule has 1 saturated heterocycles. The maximum absolute atomic E-state index is 5.84. The lowest BCUT2D eigenvalue weighted by atomic mass is 9.78. The first-order valence-corrected chi connectivity index (χ1v) is 7.74. The first kappa shape index (κ1) is 11.9. The molecule has 1 aliphatic heterocycles. The minimum atomic E-state index is 0.567. The Kier molecular flexibility index (Phi) is 3.64. The van der Waals surface area contributed by atoms with Crippen molar-refractivity contribution in [2.24, 2.45) is 5.92 Å². The lowest BCUT2D eigenvalue weighted by Gasteiger charge is -2.43. The molecule has 2 fully saturated rings. The zero-order valence-electron chi connectivity index (χ0n) is 9.94. The molecule has 17 heavy (non-hydrogen) atoms. The molecule has 2 atom stereocenters. The molecule has 2 unspecified atom stereocenters. The number of rotatable bonds is 2. The Bertz CT molecular complexity index is 380. The van der Waals surface area contributed by atoms with Crippen molar-refractivity contribution < 1.29 is 0 Å².